The van der Waals surface area contributed by atoms with Crippen LogP contribution < -0.4 is 10.5 Å². The number of nitriles is 1. The van der Waals surface area contributed by atoms with Crippen LogP contribution in [0.5, 0.6) is 5.75 Å². The van der Waals surface area contributed by atoms with Gasteiger partial charge in [-0.1, -0.05) is 23.2 Å². The minimum Gasteiger partial charge on any atom is -0.492 e. The van der Waals surface area contributed by atoms with E-state index in [1.54, 1.807) is 6.07 Å². The Morgan fingerprint density at radius 1 is 1.29 bits per heavy atom. The number of rotatable bonds is 2. The lowest BCUT2D eigenvalue weighted by atomic mass is 10.1. The van der Waals surface area contributed by atoms with E-state index in [9.17, 15) is 8.78 Å². The van der Waals surface area contributed by atoms with E-state index < -0.39 is 23.0 Å². The van der Waals surface area contributed by atoms with Gasteiger partial charge in [-0.15, -0.1) is 0 Å². The third-order valence-corrected chi connectivity index (χ3v) is 3.41. The number of anilines is 1. The molecule has 4 nitrogen and oxygen atoms in total. The molecule has 0 saturated heterocycles. The molecular weight excluding hydrogens is 323 g/mol. The molecule has 2 rings (SSSR count). The first-order valence-corrected chi connectivity index (χ1v) is 6.24. The zero-order valence-electron chi connectivity index (χ0n) is 10.5. The van der Waals surface area contributed by atoms with E-state index in [-0.39, 0.29) is 27.1 Å². The number of benzene rings is 1. The molecule has 0 atom stereocenters. The summed E-state index contributed by atoms with van der Waals surface area (Å²) in [6.07, 6.45) is 0. The van der Waals surface area contributed by atoms with Crippen molar-refractivity contribution in [1.82, 2.24) is 4.98 Å². The SMILES string of the molecule is COc1c(Cl)ccc(-c2nc(C#N)c(Cl)c(N)c2F)c1F. The van der Waals surface area contributed by atoms with Gasteiger partial charge < -0.3 is 10.5 Å². The summed E-state index contributed by atoms with van der Waals surface area (Å²) in [7, 11) is 1.22. The Morgan fingerprint density at radius 3 is 2.52 bits per heavy atom. The number of pyridine rings is 1. The van der Waals surface area contributed by atoms with Gasteiger partial charge in [0.25, 0.3) is 0 Å². The minimum atomic E-state index is -1.03. The molecule has 0 saturated carbocycles. The highest BCUT2D eigenvalue weighted by molar-refractivity contribution is 6.34. The Labute approximate surface area is 128 Å². The van der Waals surface area contributed by atoms with E-state index in [2.05, 4.69) is 4.98 Å². The highest BCUT2D eigenvalue weighted by Gasteiger charge is 2.22. The molecule has 0 amide bonds. The molecule has 0 bridgehead atoms. The second-order valence-corrected chi connectivity index (χ2v) is 4.69. The van der Waals surface area contributed by atoms with Crippen molar-refractivity contribution in [3.05, 3.63) is 39.5 Å². The summed E-state index contributed by atoms with van der Waals surface area (Å²) in [6, 6.07) is 4.19. The predicted octanol–water partition coefficient (Wildman–Crippen LogP) is 3.80. The maximum Gasteiger partial charge on any atom is 0.176 e. The molecule has 0 unspecified atom stereocenters. The second-order valence-electron chi connectivity index (χ2n) is 3.90. The van der Waals surface area contributed by atoms with Crippen LogP contribution in [0.25, 0.3) is 11.3 Å². The third-order valence-electron chi connectivity index (χ3n) is 2.73. The highest BCUT2D eigenvalue weighted by Crippen LogP contribution is 2.37. The van der Waals surface area contributed by atoms with Crippen molar-refractivity contribution in [3.63, 3.8) is 0 Å². The Morgan fingerprint density at radius 2 is 1.95 bits per heavy atom. The summed E-state index contributed by atoms with van der Waals surface area (Å²) in [6.45, 7) is 0. The van der Waals surface area contributed by atoms with E-state index in [4.69, 9.17) is 38.9 Å². The second kappa shape index (κ2) is 5.72. The van der Waals surface area contributed by atoms with Crippen LogP contribution in [0.15, 0.2) is 12.1 Å². The smallest absolute Gasteiger partial charge is 0.176 e. The van der Waals surface area contributed by atoms with Gasteiger partial charge in [-0.25, -0.2) is 13.8 Å². The molecule has 1 aromatic heterocycles. The van der Waals surface area contributed by atoms with Crippen molar-refractivity contribution in [2.24, 2.45) is 0 Å². The van der Waals surface area contributed by atoms with Gasteiger partial charge in [-0.2, -0.15) is 5.26 Å². The lowest BCUT2D eigenvalue weighted by Gasteiger charge is -2.11. The molecule has 1 heterocycles. The zero-order valence-corrected chi connectivity index (χ0v) is 12.1. The molecule has 0 spiro atoms. The lowest BCUT2D eigenvalue weighted by molar-refractivity contribution is 0.387. The fourth-order valence-electron chi connectivity index (χ4n) is 1.72. The number of hydrogen-bond acceptors (Lipinski definition) is 4. The van der Waals surface area contributed by atoms with Crippen LogP contribution >= 0.6 is 23.2 Å². The number of nitrogen functional groups attached to an aromatic ring is 1. The van der Waals surface area contributed by atoms with Gasteiger partial charge in [0.2, 0.25) is 0 Å². The number of halogens is 4. The normalized spacial score (nSPS) is 10.3. The highest BCUT2D eigenvalue weighted by atomic mass is 35.5. The van der Waals surface area contributed by atoms with Gasteiger partial charge in [-0.05, 0) is 12.1 Å². The summed E-state index contributed by atoms with van der Waals surface area (Å²) in [5.41, 5.74) is 4.00. The first-order chi connectivity index (χ1) is 9.92. The maximum absolute atomic E-state index is 14.3. The molecule has 2 N–H and O–H groups in total. The van der Waals surface area contributed by atoms with Gasteiger partial charge in [0.05, 0.1) is 17.8 Å². The quantitative estimate of drug-likeness (QED) is 0.909. The Balaban J connectivity index is 2.80. The fourth-order valence-corrected chi connectivity index (χ4v) is 2.11. The Kier molecular flexibility index (Phi) is 4.16. The summed E-state index contributed by atoms with van der Waals surface area (Å²) < 4.78 is 33.3. The first kappa shape index (κ1) is 15.3. The van der Waals surface area contributed by atoms with Gasteiger partial charge in [0.15, 0.2) is 23.1 Å². The number of hydrogen-bond donors (Lipinski definition) is 1. The predicted molar refractivity (Wildman–Crippen MR) is 75.3 cm³/mol. The number of nitrogens with zero attached hydrogens (tertiary/aromatic N) is 2. The number of nitrogens with two attached hydrogens (primary N) is 1. The molecular formula is C13H7Cl2F2N3O. The van der Waals surface area contributed by atoms with Crippen molar-refractivity contribution in [1.29, 1.82) is 5.26 Å². The summed E-state index contributed by atoms with van der Waals surface area (Å²) in [4.78, 5) is 3.70. The largest absolute Gasteiger partial charge is 0.492 e. The van der Waals surface area contributed by atoms with Crippen molar-refractivity contribution in [2.75, 3.05) is 12.8 Å². The molecule has 0 aliphatic carbocycles. The molecule has 0 radical (unpaired) electrons. The van der Waals surface area contributed by atoms with Crippen molar-refractivity contribution in [2.45, 2.75) is 0 Å². The molecule has 1 aromatic carbocycles. The van der Waals surface area contributed by atoms with E-state index >= 15 is 0 Å². The topological polar surface area (TPSA) is 71.9 Å². The third kappa shape index (κ3) is 2.46. The molecule has 2 aromatic rings. The summed E-state index contributed by atoms with van der Waals surface area (Å²) in [5, 5.41) is 8.60. The van der Waals surface area contributed by atoms with Crippen molar-refractivity contribution >= 4 is 28.9 Å². The Bertz CT molecular complexity index is 775. The molecule has 0 aliphatic rings. The monoisotopic (exact) mass is 329 g/mol. The van der Waals surface area contributed by atoms with Gasteiger partial charge >= 0.3 is 0 Å². The van der Waals surface area contributed by atoms with Crippen molar-refractivity contribution in [3.8, 4) is 23.1 Å². The number of methoxy groups -OCH3 is 1. The van der Waals surface area contributed by atoms with E-state index in [0.717, 1.165) is 0 Å². The van der Waals surface area contributed by atoms with Crippen LogP contribution in [0.4, 0.5) is 14.5 Å². The lowest BCUT2D eigenvalue weighted by Crippen LogP contribution is -2.03. The van der Waals surface area contributed by atoms with Crippen LogP contribution in [0.1, 0.15) is 5.69 Å². The van der Waals surface area contributed by atoms with Crippen LogP contribution in [0.3, 0.4) is 0 Å². The Hall–Kier alpha value is -2.10. The standard InChI is InChI=1S/C13H7Cl2F2N3O/c1-21-13-6(14)3-2-5(9(13)16)12-10(17)11(19)8(15)7(4-18)20-12/h2-3H,1H3,(H2,19,20). The van der Waals surface area contributed by atoms with Crippen LogP contribution in [0.2, 0.25) is 10.0 Å². The molecule has 8 heteroatoms. The van der Waals surface area contributed by atoms with Crippen LogP contribution in [0, 0.1) is 23.0 Å². The van der Waals surface area contributed by atoms with E-state index in [1.165, 1.54) is 19.2 Å². The fraction of sp³-hybridized carbons (Fsp3) is 0.0769. The van der Waals surface area contributed by atoms with E-state index in [1.807, 2.05) is 0 Å². The zero-order chi connectivity index (χ0) is 15.7. The molecule has 0 fully saturated rings. The van der Waals surface area contributed by atoms with Gasteiger partial charge in [0.1, 0.15) is 16.8 Å². The van der Waals surface area contributed by atoms with Crippen LogP contribution in [-0.2, 0) is 0 Å². The van der Waals surface area contributed by atoms with Gasteiger partial charge in [0, 0.05) is 5.56 Å². The average molecular weight is 330 g/mol. The number of ether oxygens (including phenoxy) is 1. The minimum absolute atomic E-state index is 0.0154. The summed E-state index contributed by atoms with van der Waals surface area (Å²) in [5.74, 6) is -2.20. The number of aromatic nitrogens is 1. The molecule has 0 aliphatic heterocycles. The van der Waals surface area contributed by atoms with Crippen LogP contribution in [-0.4, -0.2) is 12.1 Å². The summed E-state index contributed by atoms with van der Waals surface area (Å²) >= 11 is 11.5. The van der Waals surface area contributed by atoms with E-state index in [0.29, 0.717) is 0 Å². The molecule has 21 heavy (non-hydrogen) atoms. The molecule has 108 valence electrons. The average Bonchev–Trinajstić information content (AvgIpc) is 2.47. The maximum atomic E-state index is 14.3. The van der Waals surface area contributed by atoms with Gasteiger partial charge in [-0.3, -0.25) is 0 Å². The van der Waals surface area contributed by atoms with Crippen molar-refractivity contribution < 1.29 is 13.5 Å². The first-order valence-electron chi connectivity index (χ1n) is 5.49.